The molecule has 1 spiro atoms. The molecule has 3 saturated heterocycles. The molecule has 0 unspecified atom stereocenters. The molecule has 0 atom stereocenters. The van der Waals surface area contributed by atoms with Crippen molar-refractivity contribution in [1.82, 2.24) is 20.9 Å². The number of amides is 2. The predicted octanol–water partition coefficient (Wildman–Crippen LogP) is 0.232. The summed E-state index contributed by atoms with van der Waals surface area (Å²) >= 11 is 0. The Hall–Kier alpha value is -2.19. The zero-order valence-electron chi connectivity index (χ0n) is 15.5. The number of hydrogen-bond acceptors (Lipinski definition) is 6. The Morgan fingerprint density at radius 1 is 1.22 bits per heavy atom. The third-order valence-electron chi connectivity index (χ3n) is 6.27. The van der Waals surface area contributed by atoms with E-state index in [1.54, 1.807) is 6.08 Å². The van der Waals surface area contributed by atoms with Crippen LogP contribution in [-0.2, 0) is 14.3 Å². The number of allylic oxidation sites excluding steroid dienone is 1. The Balaban J connectivity index is 1.56. The zero-order chi connectivity index (χ0) is 18.9. The molecule has 0 aromatic rings. The molecular formula is C19H27N5O3. The fourth-order valence-corrected chi connectivity index (χ4v) is 4.51. The molecular weight excluding hydrogens is 346 g/mol. The molecule has 3 fully saturated rings. The molecule has 8 heteroatoms. The molecule has 0 aromatic carbocycles. The van der Waals surface area contributed by atoms with Crippen LogP contribution in [0.1, 0.15) is 32.1 Å². The van der Waals surface area contributed by atoms with Crippen molar-refractivity contribution >= 4 is 18.0 Å². The summed E-state index contributed by atoms with van der Waals surface area (Å²) in [7, 11) is 0. The number of nitrogens with zero attached hydrogens (tertiary/aromatic N) is 1. The fourth-order valence-electron chi connectivity index (χ4n) is 4.51. The monoisotopic (exact) mass is 373 g/mol. The van der Waals surface area contributed by atoms with Crippen molar-refractivity contribution in [2.75, 3.05) is 32.8 Å². The highest BCUT2D eigenvalue weighted by molar-refractivity contribution is 6.13. The lowest BCUT2D eigenvalue weighted by atomic mass is 9.77. The van der Waals surface area contributed by atoms with Gasteiger partial charge in [0.2, 0.25) is 0 Å². The van der Waals surface area contributed by atoms with Gasteiger partial charge in [-0.3, -0.25) is 9.59 Å². The normalized spacial score (nSPS) is 27.2. The second-order valence-electron chi connectivity index (χ2n) is 7.71. The van der Waals surface area contributed by atoms with Crippen LogP contribution in [0.4, 0.5) is 0 Å². The Labute approximate surface area is 158 Å². The van der Waals surface area contributed by atoms with E-state index in [2.05, 4.69) is 16.0 Å². The van der Waals surface area contributed by atoms with Crippen LogP contribution in [0.2, 0.25) is 0 Å². The first kappa shape index (κ1) is 18.2. The number of hydrogen-bond donors (Lipinski definition) is 4. The van der Waals surface area contributed by atoms with Crippen molar-refractivity contribution in [3.8, 4) is 0 Å². The number of rotatable bonds is 3. The van der Waals surface area contributed by atoms with E-state index in [-0.39, 0.29) is 28.8 Å². The molecule has 0 saturated carbocycles. The van der Waals surface area contributed by atoms with Crippen LogP contribution in [-0.4, -0.2) is 61.3 Å². The summed E-state index contributed by atoms with van der Waals surface area (Å²) in [5.41, 5.74) is 0.913. The standard InChI is InChI=1S/C19H27N5O3/c20-12-14(18(26)24-8-3-19(24)4-9-27-10-5-19)17-22-15(11-16(25)23-17)13-1-6-21-7-2-13/h11-13,20-22H,1-10H2,(H,23,25)/b17-14-,20-12?. The van der Waals surface area contributed by atoms with E-state index < -0.39 is 0 Å². The number of ether oxygens (including phenoxy) is 1. The lowest BCUT2D eigenvalue weighted by Gasteiger charge is -2.55. The average Bonchev–Trinajstić information content (AvgIpc) is 2.68. The summed E-state index contributed by atoms with van der Waals surface area (Å²) in [4.78, 5) is 27.3. The van der Waals surface area contributed by atoms with E-state index in [1.165, 1.54) is 0 Å². The molecule has 8 nitrogen and oxygen atoms in total. The summed E-state index contributed by atoms with van der Waals surface area (Å²) in [6.45, 7) is 3.85. The quantitative estimate of drug-likeness (QED) is 0.419. The minimum absolute atomic E-state index is 0.142. The van der Waals surface area contributed by atoms with Gasteiger partial charge in [-0.15, -0.1) is 0 Å². The van der Waals surface area contributed by atoms with Gasteiger partial charge >= 0.3 is 0 Å². The van der Waals surface area contributed by atoms with E-state index in [0.717, 1.165) is 57.1 Å². The SMILES string of the molecule is N=C/C(C(=O)N1CCC12CCOCC2)=C1/NC(=O)C=C(C2CCNCC2)N1. The highest BCUT2D eigenvalue weighted by Gasteiger charge is 2.48. The van der Waals surface area contributed by atoms with Crippen LogP contribution >= 0.6 is 0 Å². The molecule has 2 amide bonds. The molecule has 146 valence electrons. The third-order valence-corrected chi connectivity index (χ3v) is 6.27. The van der Waals surface area contributed by atoms with Crippen molar-refractivity contribution in [1.29, 1.82) is 5.41 Å². The Morgan fingerprint density at radius 2 is 1.96 bits per heavy atom. The first-order valence-corrected chi connectivity index (χ1v) is 9.78. The molecule has 0 aliphatic carbocycles. The number of nitrogens with one attached hydrogen (secondary N) is 4. The minimum atomic E-state index is -0.242. The smallest absolute Gasteiger partial charge is 0.259 e. The first-order valence-electron chi connectivity index (χ1n) is 9.78. The van der Waals surface area contributed by atoms with Crippen LogP contribution in [0.15, 0.2) is 23.2 Å². The summed E-state index contributed by atoms with van der Waals surface area (Å²) < 4.78 is 5.45. The van der Waals surface area contributed by atoms with Crippen LogP contribution in [0, 0.1) is 11.3 Å². The molecule has 4 aliphatic heterocycles. The number of carbonyl (C=O) groups is 2. The summed E-state index contributed by atoms with van der Waals surface area (Å²) in [5.74, 6) is 0.173. The van der Waals surface area contributed by atoms with E-state index in [0.29, 0.717) is 25.6 Å². The third kappa shape index (κ3) is 3.39. The van der Waals surface area contributed by atoms with Gasteiger partial charge in [0, 0.05) is 49.2 Å². The highest BCUT2D eigenvalue weighted by atomic mass is 16.5. The molecule has 4 N–H and O–H groups in total. The van der Waals surface area contributed by atoms with Gasteiger partial charge in [0.15, 0.2) is 0 Å². The van der Waals surface area contributed by atoms with Gasteiger partial charge in [0.25, 0.3) is 11.8 Å². The Kier molecular flexibility index (Phi) is 5.01. The van der Waals surface area contributed by atoms with Gasteiger partial charge in [0.05, 0.1) is 5.57 Å². The van der Waals surface area contributed by atoms with Crippen LogP contribution in [0.5, 0.6) is 0 Å². The van der Waals surface area contributed by atoms with E-state index in [1.807, 2.05) is 4.90 Å². The van der Waals surface area contributed by atoms with Crippen LogP contribution in [0.25, 0.3) is 0 Å². The van der Waals surface area contributed by atoms with Crippen molar-refractivity contribution in [2.45, 2.75) is 37.6 Å². The molecule has 0 bridgehead atoms. The molecule has 27 heavy (non-hydrogen) atoms. The zero-order valence-corrected chi connectivity index (χ0v) is 15.5. The van der Waals surface area contributed by atoms with Gasteiger partial charge in [-0.05, 0) is 45.2 Å². The highest BCUT2D eigenvalue weighted by Crippen LogP contribution is 2.40. The van der Waals surface area contributed by atoms with Gasteiger partial charge < -0.3 is 31.0 Å². The minimum Gasteiger partial charge on any atom is -0.381 e. The maximum atomic E-state index is 13.2. The topological polar surface area (TPSA) is 107 Å². The van der Waals surface area contributed by atoms with Gasteiger partial charge in [-0.25, -0.2) is 0 Å². The van der Waals surface area contributed by atoms with Gasteiger partial charge in [0.1, 0.15) is 5.82 Å². The van der Waals surface area contributed by atoms with E-state index in [4.69, 9.17) is 10.1 Å². The first-order chi connectivity index (χ1) is 13.1. The number of carbonyl (C=O) groups excluding carboxylic acids is 2. The van der Waals surface area contributed by atoms with Crippen molar-refractivity contribution in [3.05, 3.63) is 23.2 Å². The molecule has 4 aliphatic rings. The Bertz CT molecular complexity index is 702. The molecule has 4 rings (SSSR count). The summed E-state index contributed by atoms with van der Waals surface area (Å²) in [6, 6.07) is 0. The van der Waals surface area contributed by atoms with Crippen LogP contribution < -0.4 is 16.0 Å². The lowest BCUT2D eigenvalue weighted by molar-refractivity contribution is -0.151. The van der Waals surface area contributed by atoms with Crippen molar-refractivity contribution < 1.29 is 14.3 Å². The van der Waals surface area contributed by atoms with E-state index >= 15 is 0 Å². The summed E-state index contributed by atoms with van der Waals surface area (Å²) in [6.07, 6.45) is 7.17. The maximum Gasteiger partial charge on any atom is 0.259 e. The summed E-state index contributed by atoms with van der Waals surface area (Å²) in [5, 5.41) is 17.1. The second kappa shape index (κ2) is 7.44. The second-order valence-corrected chi connectivity index (χ2v) is 7.71. The van der Waals surface area contributed by atoms with Gasteiger partial charge in [-0.2, -0.15) is 0 Å². The fraction of sp³-hybridized carbons (Fsp3) is 0.632. The maximum absolute atomic E-state index is 13.2. The van der Waals surface area contributed by atoms with Crippen LogP contribution in [0.3, 0.4) is 0 Å². The van der Waals surface area contributed by atoms with Gasteiger partial charge in [-0.1, -0.05) is 0 Å². The lowest BCUT2D eigenvalue weighted by Crippen LogP contribution is -2.64. The molecule has 4 heterocycles. The molecule has 0 aromatic heterocycles. The average molecular weight is 373 g/mol. The van der Waals surface area contributed by atoms with Crippen molar-refractivity contribution in [2.24, 2.45) is 5.92 Å². The predicted molar refractivity (Wildman–Crippen MR) is 99.9 cm³/mol. The Morgan fingerprint density at radius 3 is 2.59 bits per heavy atom. The van der Waals surface area contributed by atoms with Crippen molar-refractivity contribution in [3.63, 3.8) is 0 Å². The van der Waals surface area contributed by atoms with E-state index in [9.17, 15) is 9.59 Å². The number of piperidine rings is 1. The largest absolute Gasteiger partial charge is 0.381 e. The number of likely N-dealkylation sites (tertiary alicyclic amines) is 1. The molecule has 0 radical (unpaired) electrons.